The molecule has 0 atom stereocenters. The number of ether oxygens (including phenoxy) is 3. The summed E-state index contributed by atoms with van der Waals surface area (Å²) in [6, 6.07) is 0. The lowest BCUT2D eigenvalue weighted by molar-refractivity contribution is 0.0288. The average Bonchev–Trinajstić information content (AvgIpc) is 2.79. The molecule has 1 aromatic heterocycles. The molecule has 0 aliphatic carbocycles. The van der Waals surface area contributed by atoms with Crippen LogP contribution in [0.2, 0.25) is 0 Å². The van der Waals surface area contributed by atoms with Crippen molar-refractivity contribution in [3.63, 3.8) is 0 Å². The minimum Gasteiger partial charge on any atom is -0.460 e. The summed E-state index contributed by atoms with van der Waals surface area (Å²) in [5.74, 6) is -0.587. The Balaban J connectivity index is 2.42. The summed E-state index contributed by atoms with van der Waals surface area (Å²) >= 11 is 0.898. The third-order valence-electron chi connectivity index (χ3n) is 2.53. The maximum atomic E-state index is 11.8. The van der Waals surface area contributed by atoms with Crippen LogP contribution in [0.4, 0.5) is 0 Å². The molecule has 0 spiro atoms. The molecule has 1 rings (SSSR count). The summed E-state index contributed by atoms with van der Waals surface area (Å²) in [7, 11) is 3.04. The van der Waals surface area contributed by atoms with Crippen molar-refractivity contribution in [2.24, 2.45) is 0 Å². The summed E-state index contributed by atoms with van der Waals surface area (Å²) < 4.78 is 37.6. The maximum absolute atomic E-state index is 11.8. The Bertz CT molecular complexity index is 566. The molecule has 0 N–H and O–H groups in total. The quantitative estimate of drug-likeness (QED) is 0.383. The molecule has 0 aromatic carbocycles. The largest absolute Gasteiger partial charge is 0.460 e. The summed E-state index contributed by atoms with van der Waals surface area (Å²) in [5, 5.41) is 1.42. The van der Waals surface area contributed by atoms with E-state index in [1.54, 1.807) is 7.11 Å². The van der Waals surface area contributed by atoms with Crippen LogP contribution in [0.15, 0.2) is 9.59 Å². The number of hydrogen-bond donors (Lipinski definition) is 0. The Labute approximate surface area is 132 Å². The highest BCUT2D eigenvalue weighted by atomic mass is 35.7. The second-order valence-corrected chi connectivity index (χ2v) is 7.74. The van der Waals surface area contributed by atoms with Gasteiger partial charge in [-0.05, 0) is 18.9 Å². The van der Waals surface area contributed by atoms with Crippen LogP contribution in [0, 0.1) is 6.92 Å². The average molecular weight is 357 g/mol. The van der Waals surface area contributed by atoms with Crippen molar-refractivity contribution in [1.29, 1.82) is 0 Å². The smallest absolute Gasteiger partial charge is 0.339 e. The Morgan fingerprint density at radius 2 is 2.00 bits per heavy atom. The molecule has 0 radical (unpaired) electrons. The van der Waals surface area contributed by atoms with Crippen LogP contribution in [0.5, 0.6) is 0 Å². The van der Waals surface area contributed by atoms with Crippen molar-refractivity contribution in [3.8, 4) is 0 Å². The Kier molecular flexibility index (Phi) is 7.61. The van der Waals surface area contributed by atoms with Crippen molar-refractivity contribution < 1.29 is 27.4 Å². The van der Waals surface area contributed by atoms with E-state index in [0.717, 1.165) is 17.8 Å². The first kappa shape index (κ1) is 18.4. The van der Waals surface area contributed by atoms with E-state index in [1.165, 1.54) is 12.3 Å². The molecule has 0 saturated carbocycles. The van der Waals surface area contributed by atoms with Crippen LogP contribution in [-0.2, 0) is 23.3 Å². The highest BCUT2D eigenvalue weighted by Crippen LogP contribution is 2.29. The van der Waals surface area contributed by atoms with Crippen LogP contribution in [0.25, 0.3) is 0 Å². The van der Waals surface area contributed by atoms with Crippen molar-refractivity contribution in [2.45, 2.75) is 17.6 Å². The lowest BCUT2D eigenvalue weighted by Crippen LogP contribution is -2.12. The fourth-order valence-corrected chi connectivity index (χ4v) is 4.06. The predicted octanol–water partition coefficient (Wildman–Crippen LogP) is 2.19. The van der Waals surface area contributed by atoms with Gasteiger partial charge in [0.1, 0.15) is 10.8 Å². The minimum atomic E-state index is -3.84. The zero-order valence-electron chi connectivity index (χ0n) is 11.8. The van der Waals surface area contributed by atoms with Crippen LogP contribution in [0.3, 0.4) is 0 Å². The van der Waals surface area contributed by atoms with Crippen LogP contribution in [-0.4, -0.2) is 47.9 Å². The van der Waals surface area contributed by atoms with E-state index in [2.05, 4.69) is 0 Å². The van der Waals surface area contributed by atoms with E-state index in [0.29, 0.717) is 18.8 Å². The molecule has 120 valence electrons. The van der Waals surface area contributed by atoms with Gasteiger partial charge >= 0.3 is 5.97 Å². The maximum Gasteiger partial charge on any atom is 0.339 e. The monoisotopic (exact) mass is 356 g/mol. The lowest BCUT2D eigenvalue weighted by atomic mass is 10.2. The summed E-state index contributed by atoms with van der Waals surface area (Å²) in [4.78, 5) is 11.8. The van der Waals surface area contributed by atoms with Gasteiger partial charge in [0.2, 0.25) is 0 Å². The zero-order valence-corrected chi connectivity index (χ0v) is 14.1. The minimum absolute atomic E-state index is 0.0352. The summed E-state index contributed by atoms with van der Waals surface area (Å²) in [6.07, 6.45) is 0.769. The molecule has 9 heteroatoms. The number of carbonyl (C=O) groups excluding carboxylic acids is 1. The van der Waals surface area contributed by atoms with Crippen molar-refractivity contribution in [3.05, 3.63) is 16.5 Å². The molecule has 0 bridgehead atoms. The third kappa shape index (κ3) is 5.91. The van der Waals surface area contributed by atoms with Gasteiger partial charge in [-0.15, -0.1) is 11.3 Å². The highest BCUT2D eigenvalue weighted by Gasteiger charge is 2.22. The second-order valence-electron chi connectivity index (χ2n) is 4.09. The van der Waals surface area contributed by atoms with Gasteiger partial charge in [-0.2, -0.15) is 0 Å². The summed E-state index contributed by atoms with van der Waals surface area (Å²) in [6.45, 7) is 3.04. The second kappa shape index (κ2) is 8.70. The van der Waals surface area contributed by atoms with E-state index >= 15 is 0 Å². The molecular weight excluding hydrogens is 340 g/mol. The molecule has 21 heavy (non-hydrogen) atoms. The number of rotatable bonds is 9. The zero-order chi connectivity index (χ0) is 15.9. The van der Waals surface area contributed by atoms with Crippen LogP contribution in [0.1, 0.15) is 22.3 Å². The van der Waals surface area contributed by atoms with Gasteiger partial charge in [-0.3, -0.25) is 0 Å². The molecule has 0 unspecified atom stereocenters. The predicted molar refractivity (Wildman–Crippen MR) is 79.7 cm³/mol. The van der Waals surface area contributed by atoms with Gasteiger partial charge in [0, 0.05) is 36.4 Å². The van der Waals surface area contributed by atoms with Gasteiger partial charge in [-0.1, -0.05) is 0 Å². The number of carbonyl (C=O) groups is 1. The number of methoxy groups -OCH3 is 1. The molecule has 0 fully saturated rings. The first-order valence-corrected chi connectivity index (χ1v) is 9.33. The molecule has 0 saturated heterocycles. The third-order valence-corrected chi connectivity index (χ3v) is 5.84. The van der Waals surface area contributed by atoms with E-state index in [-0.39, 0.29) is 23.0 Å². The number of hydrogen-bond acceptors (Lipinski definition) is 7. The topological polar surface area (TPSA) is 78.9 Å². The SMILES string of the molecule is COCCCOCCOC(=O)c1csc(S(=O)(=O)Cl)c1C. The first-order valence-electron chi connectivity index (χ1n) is 6.14. The molecule has 0 amide bonds. The van der Waals surface area contributed by atoms with E-state index in [1.807, 2.05) is 0 Å². The number of thiophene rings is 1. The standard InChI is InChI=1S/C12H17ClO6S2/c1-9-10(8-20-12(9)21(13,15)16)11(14)19-7-6-18-5-3-4-17-2/h8H,3-7H2,1-2H3. The first-order chi connectivity index (χ1) is 9.88. The number of halogens is 1. The van der Waals surface area contributed by atoms with Gasteiger partial charge in [0.05, 0.1) is 12.2 Å². The van der Waals surface area contributed by atoms with Crippen molar-refractivity contribution >= 4 is 37.0 Å². The summed E-state index contributed by atoms with van der Waals surface area (Å²) in [5.41, 5.74) is 0.514. The van der Waals surface area contributed by atoms with E-state index in [4.69, 9.17) is 24.9 Å². The molecule has 0 aliphatic heterocycles. The van der Waals surface area contributed by atoms with Crippen molar-refractivity contribution in [2.75, 3.05) is 33.5 Å². The van der Waals surface area contributed by atoms with Crippen LogP contribution >= 0.6 is 22.0 Å². The van der Waals surface area contributed by atoms with Gasteiger partial charge < -0.3 is 14.2 Å². The van der Waals surface area contributed by atoms with Gasteiger partial charge in [-0.25, -0.2) is 13.2 Å². The van der Waals surface area contributed by atoms with E-state index in [9.17, 15) is 13.2 Å². The molecule has 1 aromatic rings. The van der Waals surface area contributed by atoms with Crippen LogP contribution < -0.4 is 0 Å². The lowest BCUT2D eigenvalue weighted by Gasteiger charge is -2.06. The van der Waals surface area contributed by atoms with E-state index < -0.39 is 15.0 Å². The number of esters is 1. The fraction of sp³-hybridized carbons (Fsp3) is 0.583. The molecule has 1 heterocycles. The molecule has 6 nitrogen and oxygen atoms in total. The normalized spacial score (nSPS) is 11.6. The van der Waals surface area contributed by atoms with Gasteiger partial charge in [0.25, 0.3) is 9.05 Å². The fourth-order valence-electron chi connectivity index (χ4n) is 1.52. The Hall–Kier alpha value is -0.670. The Morgan fingerprint density at radius 3 is 2.57 bits per heavy atom. The molecular formula is C12H17ClO6S2. The highest BCUT2D eigenvalue weighted by molar-refractivity contribution is 8.15. The van der Waals surface area contributed by atoms with Crippen molar-refractivity contribution in [1.82, 2.24) is 0 Å². The molecule has 0 aliphatic rings. The Morgan fingerprint density at radius 1 is 1.29 bits per heavy atom. The van der Waals surface area contributed by atoms with Gasteiger partial charge in [0.15, 0.2) is 0 Å².